The van der Waals surface area contributed by atoms with Crippen LogP contribution < -0.4 is 5.32 Å². The van der Waals surface area contributed by atoms with Crippen molar-refractivity contribution >= 4 is 34.1 Å². The van der Waals surface area contributed by atoms with E-state index in [0.29, 0.717) is 0 Å². The number of aliphatic imine (C=N–C) groups is 1. The summed E-state index contributed by atoms with van der Waals surface area (Å²) in [6.07, 6.45) is 1.84. The Bertz CT molecular complexity index is 854. The van der Waals surface area contributed by atoms with Crippen LogP contribution in [0.4, 0.5) is 5.69 Å². The van der Waals surface area contributed by atoms with Gasteiger partial charge >= 0.3 is 0 Å². The lowest BCUT2D eigenvalue weighted by atomic mass is 10.1. The van der Waals surface area contributed by atoms with Crippen LogP contribution in [0.5, 0.6) is 0 Å². The average molecular weight is 319 g/mol. The number of nitrogens with one attached hydrogen (secondary N) is 1. The van der Waals surface area contributed by atoms with Gasteiger partial charge in [-0.3, -0.25) is 9.98 Å². The molecule has 0 spiro atoms. The van der Waals surface area contributed by atoms with Gasteiger partial charge in [0.15, 0.2) is 0 Å². The van der Waals surface area contributed by atoms with Crippen LogP contribution in [0.2, 0.25) is 0 Å². The number of hydrogen-bond acceptors (Lipinski definition) is 3. The lowest BCUT2D eigenvalue weighted by Gasteiger charge is -2.02. The van der Waals surface area contributed by atoms with Crippen molar-refractivity contribution in [2.75, 3.05) is 17.6 Å². The summed E-state index contributed by atoms with van der Waals surface area (Å²) in [5.74, 6) is 2.93. The van der Waals surface area contributed by atoms with Crippen LogP contribution in [0.25, 0.3) is 10.8 Å². The second kappa shape index (κ2) is 6.42. The van der Waals surface area contributed by atoms with E-state index in [-0.39, 0.29) is 0 Å². The Labute approximate surface area is 139 Å². The molecule has 0 fully saturated rings. The lowest BCUT2D eigenvalue weighted by molar-refractivity contribution is 1.13. The lowest BCUT2D eigenvalue weighted by Crippen LogP contribution is -2.08. The fourth-order valence-electron chi connectivity index (χ4n) is 2.84. The minimum absolute atomic E-state index is 0.810. The van der Waals surface area contributed by atoms with Crippen molar-refractivity contribution in [2.45, 2.75) is 5.75 Å². The van der Waals surface area contributed by atoms with Gasteiger partial charge in [0.2, 0.25) is 0 Å². The molecular formula is C19H17N3S. The van der Waals surface area contributed by atoms with Crippen molar-refractivity contribution in [2.24, 2.45) is 4.99 Å². The van der Waals surface area contributed by atoms with E-state index in [0.717, 1.165) is 35.3 Å². The SMILES string of the molecule is c1ccc(CSCCN=C2Nc3cccc4cccc2c34)nc1. The van der Waals surface area contributed by atoms with Crippen molar-refractivity contribution in [3.8, 4) is 0 Å². The Hall–Kier alpha value is -2.33. The zero-order valence-electron chi connectivity index (χ0n) is 12.7. The summed E-state index contributed by atoms with van der Waals surface area (Å²) in [5.41, 5.74) is 3.51. The summed E-state index contributed by atoms with van der Waals surface area (Å²) in [7, 11) is 0. The van der Waals surface area contributed by atoms with Gasteiger partial charge in [0.05, 0.1) is 12.2 Å². The van der Waals surface area contributed by atoms with E-state index in [1.54, 1.807) is 0 Å². The van der Waals surface area contributed by atoms with Gasteiger partial charge in [-0.1, -0.05) is 36.4 Å². The number of aromatic nitrogens is 1. The quantitative estimate of drug-likeness (QED) is 0.711. The Morgan fingerprint density at radius 2 is 1.91 bits per heavy atom. The van der Waals surface area contributed by atoms with Crippen LogP contribution in [0.15, 0.2) is 65.8 Å². The van der Waals surface area contributed by atoms with Crippen molar-refractivity contribution < 1.29 is 0 Å². The van der Waals surface area contributed by atoms with Crippen LogP contribution in [0, 0.1) is 0 Å². The van der Waals surface area contributed by atoms with Crippen LogP contribution in [-0.2, 0) is 5.75 Å². The maximum atomic E-state index is 4.76. The van der Waals surface area contributed by atoms with Crippen LogP contribution in [0.3, 0.4) is 0 Å². The van der Waals surface area contributed by atoms with Crippen LogP contribution in [0.1, 0.15) is 11.3 Å². The summed E-state index contributed by atoms with van der Waals surface area (Å²) in [4.78, 5) is 9.10. The molecule has 114 valence electrons. The van der Waals surface area contributed by atoms with E-state index in [4.69, 9.17) is 4.99 Å². The van der Waals surface area contributed by atoms with Crippen molar-refractivity contribution in [1.82, 2.24) is 4.98 Å². The molecule has 3 nitrogen and oxygen atoms in total. The first-order valence-corrected chi connectivity index (χ1v) is 8.88. The molecule has 0 unspecified atom stereocenters. The van der Waals surface area contributed by atoms with E-state index in [2.05, 4.69) is 52.8 Å². The minimum Gasteiger partial charge on any atom is -0.339 e. The highest BCUT2D eigenvalue weighted by Gasteiger charge is 2.18. The number of hydrogen-bond donors (Lipinski definition) is 1. The first-order valence-electron chi connectivity index (χ1n) is 7.73. The molecule has 2 aromatic carbocycles. The Morgan fingerprint density at radius 1 is 1.00 bits per heavy atom. The summed E-state index contributed by atoms with van der Waals surface area (Å²) < 4.78 is 0. The highest BCUT2D eigenvalue weighted by atomic mass is 32.2. The van der Waals surface area contributed by atoms with E-state index in [1.165, 1.54) is 16.3 Å². The van der Waals surface area contributed by atoms with Crippen molar-refractivity contribution in [3.05, 3.63) is 72.1 Å². The third-order valence-electron chi connectivity index (χ3n) is 3.89. The summed E-state index contributed by atoms with van der Waals surface area (Å²) in [6.45, 7) is 0.810. The molecule has 0 bridgehead atoms. The Balaban J connectivity index is 1.40. The molecule has 1 aliphatic rings. The van der Waals surface area contributed by atoms with Gasteiger partial charge in [0.25, 0.3) is 0 Å². The molecule has 4 rings (SSSR count). The third kappa shape index (κ3) is 2.94. The van der Waals surface area contributed by atoms with E-state index >= 15 is 0 Å². The number of amidine groups is 1. The fourth-order valence-corrected chi connectivity index (χ4v) is 3.59. The third-order valence-corrected chi connectivity index (χ3v) is 4.87. The molecule has 1 N–H and O–H groups in total. The molecule has 0 atom stereocenters. The predicted octanol–water partition coefficient (Wildman–Crippen LogP) is 4.34. The topological polar surface area (TPSA) is 37.3 Å². The molecule has 0 saturated carbocycles. The molecule has 2 heterocycles. The van der Waals surface area contributed by atoms with Gasteiger partial charge < -0.3 is 5.32 Å². The maximum absolute atomic E-state index is 4.76. The molecule has 23 heavy (non-hydrogen) atoms. The molecule has 4 heteroatoms. The summed E-state index contributed by atoms with van der Waals surface area (Å²) >= 11 is 1.87. The van der Waals surface area contributed by atoms with Gasteiger partial charge in [0.1, 0.15) is 5.84 Å². The molecular weight excluding hydrogens is 302 g/mol. The molecule has 0 saturated heterocycles. The number of thioether (sulfide) groups is 1. The van der Waals surface area contributed by atoms with Gasteiger partial charge in [-0.25, -0.2) is 0 Å². The second-order valence-corrected chi connectivity index (χ2v) is 6.54. The summed E-state index contributed by atoms with van der Waals surface area (Å²) in [6, 6.07) is 18.8. The first-order chi connectivity index (χ1) is 11.4. The van der Waals surface area contributed by atoms with Crippen LogP contribution >= 0.6 is 11.8 Å². The molecule has 0 radical (unpaired) electrons. The number of pyridine rings is 1. The zero-order chi connectivity index (χ0) is 15.5. The van der Waals surface area contributed by atoms with Crippen molar-refractivity contribution in [1.29, 1.82) is 0 Å². The first kappa shape index (κ1) is 14.3. The maximum Gasteiger partial charge on any atom is 0.133 e. The number of nitrogens with zero attached hydrogens (tertiary/aromatic N) is 2. The Morgan fingerprint density at radius 3 is 2.78 bits per heavy atom. The predicted molar refractivity (Wildman–Crippen MR) is 99.4 cm³/mol. The van der Waals surface area contributed by atoms with E-state index in [1.807, 2.05) is 30.1 Å². The highest BCUT2D eigenvalue weighted by molar-refractivity contribution is 7.98. The van der Waals surface area contributed by atoms with Crippen molar-refractivity contribution in [3.63, 3.8) is 0 Å². The molecule has 0 aliphatic carbocycles. The minimum atomic E-state index is 0.810. The molecule has 3 aromatic rings. The summed E-state index contributed by atoms with van der Waals surface area (Å²) in [5, 5.41) is 6.00. The monoisotopic (exact) mass is 319 g/mol. The normalized spacial score (nSPS) is 14.3. The average Bonchev–Trinajstić information content (AvgIpc) is 2.96. The fraction of sp³-hybridized carbons (Fsp3) is 0.158. The number of benzene rings is 2. The second-order valence-electron chi connectivity index (χ2n) is 5.44. The van der Waals surface area contributed by atoms with Gasteiger partial charge in [0, 0.05) is 34.3 Å². The molecule has 1 aliphatic heterocycles. The smallest absolute Gasteiger partial charge is 0.133 e. The molecule has 1 aromatic heterocycles. The zero-order valence-corrected chi connectivity index (χ0v) is 13.5. The van der Waals surface area contributed by atoms with E-state index < -0.39 is 0 Å². The van der Waals surface area contributed by atoms with Gasteiger partial charge in [-0.2, -0.15) is 11.8 Å². The number of rotatable bonds is 5. The number of anilines is 1. The van der Waals surface area contributed by atoms with E-state index in [9.17, 15) is 0 Å². The van der Waals surface area contributed by atoms with Gasteiger partial charge in [-0.05, 0) is 23.6 Å². The van der Waals surface area contributed by atoms with Gasteiger partial charge in [-0.15, -0.1) is 0 Å². The largest absolute Gasteiger partial charge is 0.339 e. The van der Waals surface area contributed by atoms with Crippen LogP contribution in [-0.4, -0.2) is 23.1 Å². The standard InChI is InChI=1S/C19H17N3S/c1-2-10-20-15(7-1)13-23-12-11-21-19-16-8-3-5-14-6-4-9-17(22-19)18(14)16/h1-10H,11-13H2,(H,21,22). The highest BCUT2D eigenvalue weighted by Crippen LogP contribution is 2.32. The molecule has 0 amide bonds. The Kier molecular flexibility index (Phi) is 3.99.